The lowest BCUT2D eigenvalue weighted by Crippen LogP contribution is -2.13. The molecule has 0 aromatic heterocycles. The zero-order chi connectivity index (χ0) is 20.0. The molecule has 0 unspecified atom stereocenters. The van der Waals surface area contributed by atoms with E-state index in [1.165, 1.54) is 0 Å². The molecule has 0 atom stereocenters. The maximum absolute atomic E-state index is 10.4. The molecular weight excluding hydrogens is 320 g/mol. The molecule has 2 rings (SSSR count). The Morgan fingerprint density at radius 2 is 1.00 bits per heavy atom. The first-order valence-corrected chi connectivity index (χ1v) is 9.11. The molecule has 0 aliphatic rings. The van der Waals surface area contributed by atoms with Gasteiger partial charge in [0.2, 0.25) is 0 Å². The maximum Gasteiger partial charge on any atom is 0.119 e. The highest BCUT2D eigenvalue weighted by atomic mass is 16.3. The molecule has 0 heterocycles. The van der Waals surface area contributed by atoms with Crippen LogP contribution in [0, 0.1) is 13.8 Å². The van der Waals surface area contributed by atoms with Gasteiger partial charge in [-0.1, -0.05) is 48.1 Å². The topological polar surface area (TPSA) is 40.5 Å². The monoisotopic (exact) mass is 352 g/mol. The molecule has 0 radical (unpaired) electrons. The predicted molar refractivity (Wildman–Crippen MR) is 111 cm³/mol. The summed E-state index contributed by atoms with van der Waals surface area (Å²) in [5.41, 5.74) is 6.45. The van der Waals surface area contributed by atoms with Crippen LogP contribution in [-0.4, -0.2) is 10.2 Å². The molecule has 2 aromatic rings. The Morgan fingerprint density at radius 1 is 0.692 bits per heavy atom. The Bertz CT molecular complexity index is 788. The van der Waals surface area contributed by atoms with E-state index in [1.54, 1.807) is 0 Å². The summed E-state index contributed by atoms with van der Waals surface area (Å²) in [5.74, 6) is 0.647. The van der Waals surface area contributed by atoms with E-state index in [0.29, 0.717) is 11.5 Å². The fraction of sp³-hybridized carbons (Fsp3) is 0.417. The van der Waals surface area contributed by atoms with E-state index in [2.05, 4.69) is 60.3 Å². The minimum Gasteiger partial charge on any atom is -0.508 e. The quantitative estimate of drug-likeness (QED) is 0.659. The van der Waals surface area contributed by atoms with Crippen molar-refractivity contribution in [3.8, 4) is 11.5 Å². The summed E-state index contributed by atoms with van der Waals surface area (Å²) in [6, 6.07) is 7.75. The van der Waals surface area contributed by atoms with E-state index in [-0.39, 0.29) is 10.8 Å². The van der Waals surface area contributed by atoms with Crippen molar-refractivity contribution in [2.45, 2.75) is 66.2 Å². The van der Waals surface area contributed by atoms with Crippen LogP contribution >= 0.6 is 0 Å². The molecule has 26 heavy (non-hydrogen) atoms. The number of phenols is 2. The highest BCUT2D eigenvalue weighted by Gasteiger charge is 2.23. The number of phenolic OH excluding ortho intramolecular Hbond substituents is 2. The highest BCUT2D eigenvalue weighted by Crippen LogP contribution is 2.39. The molecule has 0 spiro atoms. The van der Waals surface area contributed by atoms with Crippen LogP contribution in [0.25, 0.3) is 5.57 Å². The molecule has 0 saturated heterocycles. The molecule has 0 aliphatic heterocycles. The first-order valence-electron chi connectivity index (χ1n) is 9.11. The third-order valence-electron chi connectivity index (χ3n) is 4.95. The molecular formula is C24H32O2. The third-order valence-corrected chi connectivity index (χ3v) is 4.95. The van der Waals surface area contributed by atoms with Crippen LogP contribution in [0.15, 0.2) is 30.8 Å². The fourth-order valence-corrected chi connectivity index (χ4v) is 3.38. The maximum atomic E-state index is 10.4. The molecule has 2 heteroatoms. The van der Waals surface area contributed by atoms with Crippen molar-refractivity contribution in [2.75, 3.05) is 0 Å². The van der Waals surface area contributed by atoms with Crippen LogP contribution in [0.2, 0.25) is 0 Å². The summed E-state index contributed by atoms with van der Waals surface area (Å²) in [7, 11) is 0. The first kappa shape index (κ1) is 20.1. The van der Waals surface area contributed by atoms with Crippen molar-refractivity contribution in [3.05, 3.63) is 64.2 Å². The second kappa shape index (κ2) is 6.50. The van der Waals surface area contributed by atoms with E-state index in [0.717, 1.165) is 39.0 Å². The van der Waals surface area contributed by atoms with Gasteiger partial charge in [0.15, 0.2) is 0 Å². The van der Waals surface area contributed by atoms with Crippen molar-refractivity contribution in [1.29, 1.82) is 0 Å². The van der Waals surface area contributed by atoms with Crippen LogP contribution in [0.3, 0.4) is 0 Å². The molecule has 2 nitrogen and oxygen atoms in total. The van der Waals surface area contributed by atoms with Gasteiger partial charge in [0.1, 0.15) is 11.5 Å². The molecule has 0 bridgehead atoms. The summed E-state index contributed by atoms with van der Waals surface area (Å²) in [5, 5.41) is 20.8. The largest absolute Gasteiger partial charge is 0.508 e. The van der Waals surface area contributed by atoms with Gasteiger partial charge in [0, 0.05) is 0 Å². The van der Waals surface area contributed by atoms with E-state index < -0.39 is 0 Å². The smallest absolute Gasteiger partial charge is 0.119 e. The van der Waals surface area contributed by atoms with Gasteiger partial charge in [-0.05, 0) is 87.9 Å². The van der Waals surface area contributed by atoms with Gasteiger partial charge in [-0.3, -0.25) is 0 Å². The molecule has 0 amide bonds. The average Bonchev–Trinajstić information content (AvgIpc) is 2.43. The second-order valence-corrected chi connectivity index (χ2v) is 9.35. The van der Waals surface area contributed by atoms with E-state index in [9.17, 15) is 10.2 Å². The van der Waals surface area contributed by atoms with E-state index >= 15 is 0 Å². The van der Waals surface area contributed by atoms with Gasteiger partial charge in [0.25, 0.3) is 0 Å². The van der Waals surface area contributed by atoms with Crippen LogP contribution in [-0.2, 0) is 10.8 Å². The lowest BCUT2D eigenvalue weighted by atomic mass is 9.80. The zero-order valence-electron chi connectivity index (χ0n) is 17.4. The van der Waals surface area contributed by atoms with Crippen molar-refractivity contribution < 1.29 is 10.2 Å². The Balaban J connectivity index is 2.67. The molecule has 0 fully saturated rings. The lowest BCUT2D eigenvalue weighted by Gasteiger charge is -2.25. The van der Waals surface area contributed by atoms with Crippen LogP contribution < -0.4 is 0 Å². The van der Waals surface area contributed by atoms with Gasteiger partial charge in [0.05, 0.1) is 0 Å². The number of aryl methyl sites for hydroxylation is 2. The minimum atomic E-state index is -0.159. The van der Waals surface area contributed by atoms with Crippen LogP contribution in [0.4, 0.5) is 0 Å². The fourth-order valence-electron chi connectivity index (χ4n) is 3.38. The van der Waals surface area contributed by atoms with Crippen LogP contribution in [0.1, 0.15) is 74.9 Å². The molecule has 140 valence electrons. The SMILES string of the molecule is C=C(c1cc(C(C)(C)C)c(O)cc1C)c1cc(C(C)(C)C)c(O)cc1C. The number of hydrogen-bond donors (Lipinski definition) is 2. The first-order chi connectivity index (χ1) is 11.7. The Morgan fingerprint density at radius 3 is 1.27 bits per heavy atom. The summed E-state index contributed by atoms with van der Waals surface area (Å²) in [6.07, 6.45) is 0. The number of rotatable bonds is 2. The third kappa shape index (κ3) is 3.80. The summed E-state index contributed by atoms with van der Waals surface area (Å²) in [6.45, 7) is 20.9. The van der Waals surface area contributed by atoms with Crippen molar-refractivity contribution >= 4 is 5.57 Å². The molecule has 2 aromatic carbocycles. The van der Waals surface area contributed by atoms with Gasteiger partial charge in [-0.2, -0.15) is 0 Å². The summed E-state index contributed by atoms with van der Waals surface area (Å²) in [4.78, 5) is 0. The lowest BCUT2D eigenvalue weighted by molar-refractivity contribution is 0.445. The van der Waals surface area contributed by atoms with Gasteiger partial charge >= 0.3 is 0 Å². The molecule has 0 saturated carbocycles. The molecule has 2 N–H and O–H groups in total. The normalized spacial score (nSPS) is 12.3. The molecule has 0 aliphatic carbocycles. The van der Waals surface area contributed by atoms with Crippen molar-refractivity contribution in [2.24, 2.45) is 0 Å². The number of hydrogen-bond acceptors (Lipinski definition) is 2. The Labute approximate surface area is 158 Å². The Kier molecular flexibility index (Phi) is 5.02. The van der Waals surface area contributed by atoms with Crippen molar-refractivity contribution in [3.63, 3.8) is 0 Å². The highest BCUT2D eigenvalue weighted by molar-refractivity contribution is 5.83. The van der Waals surface area contributed by atoms with E-state index in [1.807, 2.05) is 26.0 Å². The summed E-state index contributed by atoms with van der Waals surface area (Å²) < 4.78 is 0. The van der Waals surface area contributed by atoms with E-state index in [4.69, 9.17) is 0 Å². The van der Waals surface area contributed by atoms with Gasteiger partial charge < -0.3 is 10.2 Å². The average molecular weight is 353 g/mol. The minimum absolute atomic E-state index is 0.159. The number of aromatic hydroxyl groups is 2. The summed E-state index contributed by atoms with van der Waals surface area (Å²) >= 11 is 0. The Hall–Kier alpha value is -2.22. The zero-order valence-corrected chi connectivity index (χ0v) is 17.4. The van der Waals surface area contributed by atoms with Gasteiger partial charge in [-0.15, -0.1) is 0 Å². The van der Waals surface area contributed by atoms with Crippen LogP contribution in [0.5, 0.6) is 11.5 Å². The standard InChI is InChI=1S/C24H32O2/c1-14-10-21(25)19(23(4,5)6)12-17(14)16(3)18-13-20(24(7,8)9)22(26)11-15(18)2/h10-13,25-26H,3H2,1-2,4-9H3. The number of benzene rings is 2. The van der Waals surface area contributed by atoms with Crippen molar-refractivity contribution in [1.82, 2.24) is 0 Å². The second-order valence-electron chi connectivity index (χ2n) is 9.35. The van der Waals surface area contributed by atoms with Gasteiger partial charge in [-0.25, -0.2) is 0 Å². The predicted octanol–water partition coefficient (Wildman–Crippen LogP) is 6.37.